The third-order valence-electron chi connectivity index (χ3n) is 5.29. The molecule has 3 heterocycles. The fourth-order valence-corrected chi connectivity index (χ4v) is 3.96. The van der Waals surface area contributed by atoms with Crippen LogP contribution in [-0.4, -0.2) is 38.3 Å². The van der Waals surface area contributed by atoms with Crippen LogP contribution in [0.25, 0.3) is 0 Å². The van der Waals surface area contributed by atoms with Gasteiger partial charge in [0.2, 0.25) is 0 Å². The molecule has 0 unspecified atom stereocenters. The minimum absolute atomic E-state index is 0.0241. The predicted molar refractivity (Wildman–Crippen MR) is 95.1 cm³/mol. The Labute approximate surface area is 148 Å². The normalized spacial score (nSPS) is 19.7. The zero-order valence-electron chi connectivity index (χ0n) is 14.5. The van der Waals surface area contributed by atoms with Crippen LogP contribution in [0.1, 0.15) is 42.9 Å². The van der Waals surface area contributed by atoms with Crippen LogP contribution in [-0.2, 0) is 25.9 Å². The molecule has 1 N–H and O–H groups in total. The first-order valence-corrected chi connectivity index (χ1v) is 9.30. The Balaban J connectivity index is 1.38. The van der Waals surface area contributed by atoms with Crippen LogP contribution in [0.4, 0.5) is 4.79 Å². The topological polar surface area (TPSA) is 63.1 Å². The molecule has 1 saturated heterocycles. The lowest BCUT2D eigenvalue weighted by Gasteiger charge is -2.36. The molecule has 1 aromatic heterocycles. The lowest BCUT2D eigenvalue weighted by molar-refractivity contribution is 0.150. The summed E-state index contributed by atoms with van der Waals surface area (Å²) in [6.45, 7) is 2.26. The van der Waals surface area contributed by atoms with Crippen molar-refractivity contribution in [3.63, 3.8) is 0 Å². The first kappa shape index (κ1) is 16.1. The van der Waals surface area contributed by atoms with E-state index in [-0.39, 0.29) is 12.1 Å². The molecule has 0 bridgehead atoms. The van der Waals surface area contributed by atoms with Gasteiger partial charge in [0.15, 0.2) is 5.82 Å². The van der Waals surface area contributed by atoms with Crippen LogP contribution in [0.3, 0.4) is 0 Å². The van der Waals surface area contributed by atoms with E-state index in [4.69, 9.17) is 0 Å². The molecule has 1 aromatic carbocycles. The van der Waals surface area contributed by atoms with E-state index in [1.54, 1.807) is 0 Å². The maximum atomic E-state index is 12.8. The Bertz CT molecular complexity index is 727. The van der Waals surface area contributed by atoms with E-state index in [1.165, 1.54) is 12.0 Å². The molecule has 1 atom stereocenters. The van der Waals surface area contributed by atoms with Crippen LogP contribution in [0.2, 0.25) is 0 Å². The molecule has 6 heteroatoms. The van der Waals surface area contributed by atoms with Gasteiger partial charge >= 0.3 is 6.03 Å². The molecule has 0 aliphatic carbocycles. The van der Waals surface area contributed by atoms with Gasteiger partial charge in [-0.15, -0.1) is 10.2 Å². The number of nitrogens with zero attached hydrogens (tertiary/aromatic N) is 4. The number of fused-ring (bicyclic) bond motifs is 1. The highest BCUT2D eigenvalue weighted by Crippen LogP contribution is 2.21. The summed E-state index contributed by atoms with van der Waals surface area (Å²) in [6.07, 6.45) is 6.39. The van der Waals surface area contributed by atoms with Gasteiger partial charge in [0, 0.05) is 25.6 Å². The summed E-state index contributed by atoms with van der Waals surface area (Å²) < 4.78 is 2.14. The van der Waals surface area contributed by atoms with Crippen molar-refractivity contribution in [2.24, 2.45) is 0 Å². The average Bonchev–Trinajstić information content (AvgIpc) is 3.25. The van der Waals surface area contributed by atoms with E-state index < -0.39 is 0 Å². The number of hydrogen-bond donors (Lipinski definition) is 1. The molecule has 2 amide bonds. The van der Waals surface area contributed by atoms with Gasteiger partial charge in [-0.1, -0.05) is 30.3 Å². The molecule has 2 aromatic rings. The quantitative estimate of drug-likeness (QED) is 0.931. The number of piperidine rings is 1. The second-order valence-electron chi connectivity index (χ2n) is 6.98. The lowest BCUT2D eigenvalue weighted by atomic mass is 9.96. The SMILES string of the molecule is O=C(NCc1nnc2n1CCC2)N1CCCC[C@H]1Cc1ccccc1. The van der Waals surface area contributed by atoms with E-state index in [9.17, 15) is 4.79 Å². The third kappa shape index (κ3) is 3.52. The molecule has 132 valence electrons. The van der Waals surface area contributed by atoms with E-state index >= 15 is 0 Å². The summed E-state index contributed by atoms with van der Waals surface area (Å²) in [6, 6.07) is 10.7. The number of carbonyl (C=O) groups is 1. The van der Waals surface area contributed by atoms with Gasteiger partial charge in [-0.25, -0.2) is 4.79 Å². The van der Waals surface area contributed by atoms with Crippen LogP contribution >= 0.6 is 0 Å². The van der Waals surface area contributed by atoms with Crippen LogP contribution in [0.15, 0.2) is 30.3 Å². The minimum atomic E-state index is 0.0241. The zero-order chi connectivity index (χ0) is 17.1. The second-order valence-corrected chi connectivity index (χ2v) is 6.98. The number of nitrogens with one attached hydrogen (secondary N) is 1. The van der Waals surface area contributed by atoms with E-state index in [2.05, 4.69) is 44.3 Å². The molecule has 0 radical (unpaired) electrons. The van der Waals surface area contributed by atoms with Crippen molar-refractivity contribution < 1.29 is 4.79 Å². The van der Waals surface area contributed by atoms with Crippen molar-refractivity contribution in [2.45, 2.75) is 57.7 Å². The Hall–Kier alpha value is -2.37. The Morgan fingerprint density at radius 3 is 2.88 bits per heavy atom. The van der Waals surface area contributed by atoms with Crippen molar-refractivity contribution in [1.82, 2.24) is 25.0 Å². The summed E-state index contributed by atoms with van der Waals surface area (Å²) >= 11 is 0. The van der Waals surface area contributed by atoms with Crippen LogP contribution in [0, 0.1) is 0 Å². The molecular formula is C19H25N5O. The molecule has 4 rings (SSSR count). The Morgan fingerprint density at radius 2 is 2.00 bits per heavy atom. The standard InChI is InChI=1S/C19H25N5O/c25-19(20-14-18-22-21-17-10-6-12-24(17)18)23-11-5-4-9-16(23)13-15-7-2-1-3-8-15/h1-3,7-8,16H,4-6,9-14H2,(H,20,25)/t16-/m0/s1. The molecule has 1 fully saturated rings. The van der Waals surface area contributed by atoms with Gasteiger partial charge in [0.05, 0.1) is 6.54 Å². The highest BCUT2D eigenvalue weighted by Gasteiger charge is 2.27. The number of likely N-dealkylation sites (tertiary alicyclic amines) is 1. The predicted octanol–water partition coefficient (Wildman–Crippen LogP) is 2.53. The molecule has 0 saturated carbocycles. The fourth-order valence-electron chi connectivity index (χ4n) is 3.96. The Kier molecular flexibility index (Phi) is 4.68. The van der Waals surface area contributed by atoms with E-state index in [0.717, 1.165) is 56.8 Å². The van der Waals surface area contributed by atoms with E-state index in [0.29, 0.717) is 6.54 Å². The van der Waals surface area contributed by atoms with Crippen molar-refractivity contribution in [1.29, 1.82) is 0 Å². The maximum Gasteiger partial charge on any atom is 0.318 e. The van der Waals surface area contributed by atoms with Gasteiger partial charge in [0.1, 0.15) is 5.82 Å². The van der Waals surface area contributed by atoms with E-state index in [1.807, 2.05) is 11.0 Å². The fraction of sp³-hybridized carbons (Fsp3) is 0.526. The lowest BCUT2D eigenvalue weighted by Crippen LogP contribution is -2.49. The number of amides is 2. The number of rotatable bonds is 4. The summed E-state index contributed by atoms with van der Waals surface area (Å²) in [5.74, 6) is 1.92. The largest absolute Gasteiger partial charge is 0.331 e. The highest BCUT2D eigenvalue weighted by molar-refractivity contribution is 5.74. The maximum absolute atomic E-state index is 12.8. The van der Waals surface area contributed by atoms with Crippen LogP contribution in [0.5, 0.6) is 0 Å². The summed E-state index contributed by atoms with van der Waals surface area (Å²) in [7, 11) is 0. The molecule has 2 aliphatic rings. The van der Waals surface area contributed by atoms with Gasteiger partial charge in [-0.3, -0.25) is 0 Å². The number of hydrogen-bond acceptors (Lipinski definition) is 3. The first-order chi connectivity index (χ1) is 12.3. The number of urea groups is 1. The summed E-state index contributed by atoms with van der Waals surface area (Å²) in [5.41, 5.74) is 1.29. The number of benzene rings is 1. The first-order valence-electron chi connectivity index (χ1n) is 9.30. The van der Waals surface area contributed by atoms with Crippen molar-refractivity contribution in [3.8, 4) is 0 Å². The zero-order valence-corrected chi connectivity index (χ0v) is 14.5. The Morgan fingerprint density at radius 1 is 1.12 bits per heavy atom. The molecule has 25 heavy (non-hydrogen) atoms. The van der Waals surface area contributed by atoms with Gasteiger partial charge in [-0.05, 0) is 37.7 Å². The highest BCUT2D eigenvalue weighted by atomic mass is 16.2. The molecule has 0 spiro atoms. The van der Waals surface area contributed by atoms with Crippen molar-refractivity contribution in [3.05, 3.63) is 47.5 Å². The number of aryl methyl sites for hydroxylation is 1. The van der Waals surface area contributed by atoms with Crippen molar-refractivity contribution >= 4 is 6.03 Å². The van der Waals surface area contributed by atoms with Gasteiger partial charge in [-0.2, -0.15) is 0 Å². The van der Waals surface area contributed by atoms with Crippen molar-refractivity contribution in [2.75, 3.05) is 6.54 Å². The van der Waals surface area contributed by atoms with Gasteiger partial charge < -0.3 is 14.8 Å². The number of aromatic nitrogens is 3. The van der Waals surface area contributed by atoms with Gasteiger partial charge in [0.25, 0.3) is 0 Å². The molecular weight excluding hydrogens is 314 g/mol. The second kappa shape index (κ2) is 7.25. The smallest absolute Gasteiger partial charge is 0.318 e. The monoisotopic (exact) mass is 339 g/mol. The molecule has 2 aliphatic heterocycles. The molecule has 6 nitrogen and oxygen atoms in total. The summed E-state index contributed by atoms with van der Waals surface area (Å²) in [5, 5.41) is 11.5. The third-order valence-corrected chi connectivity index (χ3v) is 5.29. The minimum Gasteiger partial charge on any atom is -0.331 e. The number of carbonyl (C=O) groups excluding carboxylic acids is 1. The summed E-state index contributed by atoms with van der Waals surface area (Å²) in [4.78, 5) is 14.8. The average molecular weight is 339 g/mol. The van der Waals surface area contributed by atoms with Crippen LogP contribution < -0.4 is 5.32 Å².